The highest BCUT2D eigenvalue weighted by Crippen LogP contribution is 2.31. The fourth-order valence-corrected chi connectivity index (χ4v) is 4.35. The summed E-state index contributed by atoms with van der Waals surface area (Å²) in [5.74, 6) is 0. The van der Waals surface area contributed by atoms with Gasteiger partial charge in [-0.3, -0.25) is 4.72 Å². The Morgan fingerprint density at radius 3 is 2.76 bits per heavy atom. The maximum Gasteiger partial charge on any atom is 0.262 e. The molecule has 0 unspecified atom stereocenters. The molecule has 0 atom stereocenters. The standard InChI is InChI=1S/C13H14Cl2N2O2S2/c1-2-16-7-9-6-10(8-20-9)21(18,19)17-12-5-3-4-11(14)13(12)15/h3-6,8,16-17H,2,7H2,1H3. The van der Waals surface area contributed by atoms with Crippen molar-refractivity contribution < 1.29 is 8.42 Å². The Morgan fingerprint density at radius 2 is 2.05 bits per heavy atom. The van der Waals surface area contributed by atoms with Gasteiger partial charge in [-0.15, -0.1) is 11.3 Å². The van der Waals surface area contributed by atoms with Crippen LogP contribution in [0, 0.1) is 0 Å². The average molecular weight is 365 g/mol. The number of rotatable bonds is 6. The number of halogens is 2. The molecule has 0 radical (unpaired) electrons. The number of hydrogen-bond acceptors (Lipinski definition) is 4. The molecule has 0 saturated carbocycles. The van der Waals surface area contributed by atoms with Crippen LogP contribution in [-0.2, 0) is 16.6 Å². The molecule has 1 heterocycles. The number of anilines is 1. The molecule has 0 fully saturated rings. The van der Waals surface area contributed by atoms with Gasteiger partial charge in [0.2, 0.25) is 0 Å². The molecule has 114 valence electrons. The highest BCUT2D eigenvalue weighted by atomic mass is 35.5. The summed E-state index contributed by atoms with van der Waals surface area (Å²) < 4.78 is 27.1. The molecule has 8 heteroatoms. The fourth-order valence-electron chi connectivity index (χ4n) is 1.63. The molecule has 1 aromatic heterocycles. The second-order valence-corrected chi connectivity index (χ2v) is 7.70. The van der Waals surface area contributed by atoms with E-state index in [1.165, 1.54) is 11.3 Å². The van der Waals surface area contributed by atoms with Crippen molar-refractivity contribution in [3.8, 4) is 0 Å². The second kappa shape index (κ2) is 6.98. The summed E-state index contributed by atoms with van der Waals surface area (Å²) in [7, 11) is -3.67. The van der Waals surface area contributed by atoms with Gasteiger partial charge >= 0.3 is 0 Å². The quantitative estimate of drug-likeness (QED) is 0.815. The molecule has 21 heavy (non-hydrogen) atoms. The molecule has 0 amide bonds. The Kier molecular flexibility index (Phi) is 5.51. The Hall–Kier alpha value is -0.790. The average Bonchev–Trinajstić information content (AvgIpc) is 2.91. The second-order valence-electron chi connectivity index (χ2n) is 4.24. The topological polar surface area (TPSA) is 58.2 Å². The molecule has 0 spiro atoms. The Labute approximate surface area is 138 Å². The predicted octanol–water partition coefficient (Wildman–Crippen LogP) is 3.97. The minimum absolute atomic E-state index is 0.186. The fraction of sp³-hybridized carbons (Fsp3) is 0.231. The van der Waals surface area contributed by atoms with Crippen LogP contribution >= 0.6 is 34.5 Å². The highest BCUT2D eigenvalue weighted by Gasteiger charge is 2.18. The van der Waals surface area contributed by atoms with Crippen LogP contribution in [0.2, 0.25) is 10.0 Å². The first-order chi connectivity index (χ1) is 9.94. The van der Waals surface area contributed by atoms with Crippen LogP contribution in [0.15, 0.2) is 34.5 Å². The van der Waals surface area contributed by atoms with Crippen molar-refractivity contribution in [2.45, 2.75) is 18.4 Å². The van der Waals surface area contributed by atoms with Crippen LogP contribution in [0.25, 0.3) is 0 Å². The molecule has 2 aromatic rings. The number of benzene rings is 1. The summed E-state index contributed by atoms with van der Waals surface area (Å²) in [5.41, 5.74) is 0.267. The van der Waals surface area contributed by atoms with Crippen LogP contribution < -0.4 is 10.0 Å². The smallest absolute Gasteiger partial charge is 0.262 e. The predicted molar refractivity (Wildman–Crippen MR) is 89.0 cm³/mol. The van der Waals surface area contributed by atoms with Gasteiger partial charge in [0.1, 0.15) is 0 Å². The van der Waals surface area contributed by atoms with Crippen molar-refractivity contribution in [3.63, 3.8) is 0 Å². The largest absolute Gasteiger partial charge is 0.312 e. The van der Waals surface area contributed by atoms with E-state index in [-0.39, 0.29) is 15.6 Å². The minimum Gasteiger partial charge on any atom is -0.312 e. The monoisotopic (exact) mass is 364 g/mol. The number of nitrogens with one attached hydrogen (secondary N) is 2. The molecular formula is C13H14Cl2N2O2S2. The van der Waals surface area contributed by atoms with Gasteiger partial charge in [0.15, 0.2) is 0 Å². The normalized spacial score (nSPS) is 11.6. The van der Waals surface area contributed by atoms with Gasteiger partial charge in [-0.25, -0.2) is 8.42 Å². The Bertz CT molecular complexity index is 730. The van der Waals surface area contributed by atoms with Gasteiger partial charge in [0, 0.05) is 16.8 Å². The van der Waals surface area contributed by atoms with E-state index in [1.807, 2.05) is 6.92 Å². The molecule has 0 bridgehead atoms. The molecule has 0 aliphatic carbocycles. The summed E-state index contributed by atoms with van der Waals surface area (Å²) >= 11 is 13.3. The lowest BCUT2D eigenvalue weighted by atomic mass is 10.3. The van der Waals surface area contributed by atoms with Crippen LogP contribution in [-0.4, -0.2) is 15.0 Å². The van der Waals surface area contributed by atoms with Crippen LogP contribution in [0.5, 0.6) is 0 Å². The van der Waals surface area contributed by atoms with Gasteiger partial charge in [-0.1, -0.05) is 36.2 Å². The van der Waals surface area contributed by atoms with E-state index >= 15 is 0 Å². The number of thiophene rings is 1. The number of sulfonamides is 1. The van der Waals surface area contributed by atoms with Gasteiger partial charge in [-0.05, 0) is 24.7 Å². The zero-order valence-electron chi connectivity index (χ0n) is 11.2. The molecule has 4 nitrogen and oxygen atoms in total. The van der Waals surface area contributed by atoms with E-state index < -0.39 is 10.0 Å². The summed E-state index contributed by atoms with van der Waals surface area (Å²) in [6, 6.07) is 6.45. The summed E-state index contributed by atoms with van der Waals surface area (Å²) in [6.45, 7) is 3.47. The summed E-state index contributed by atoms with van der Waals surface area (Å²) in [5, 5.41) is 5.24. The van der Waals surface area contributed by atoms with Gasteiger partial charge < -0.3 is 5.32 Å². The van der Waals surface area contributed by atoms with E-state index in [1.54, 1.807) is 29.6 Å². The molecular weight excluding hydrogens is 351 g/mol. The Morgan fingerprint density at radius 1 is 1.29 bits per heavy atom. The first-order valence-electron chi connectivity index (χ1n) is 6.19. The minimum atomic E-state index is -3.67. The molecule has 0 saturated heterocycles. The maximum atomic E-state index is 12.3. The SMILES string of the molecule is CCNCc1cc(S(=O)(=O)Nc2cccc(Cl)c2Cl)cs1. The van der Waals surface area contributed by atoms with Crippen molar-refractivity contribution in [1.29, 1.82) is 0 Å². The first-order valence-corrected chi connectivity index (χ1v) is 9.31. The van der Waals surface area contributed by atoms with Gasteiger partial charge in [-0.2, -0.15) is 0 Å². The van der Waals surface area contributed by atoms with Crippen LogP contribution in [0.1, 0.15) is 11.8 Å². The van der Waals surface area contributed by atoms with E-state index in [2.05, 4.69) is 10.0 Å². The van der Waals surface area contributed by atoms with Crippen molar-refractivity contribution >= 4 is 50.2 Å². The lowest BCUT2D eigenvalue weighted by Crippen LogP contribution is -2.13. The third-order valence-corrected chi connectivity index (χ3v) is 5.93. The van der Waals surface area contributed by atoms with Crippen molar-refractivity contribution in [3.05, 3.63) is 44.6 Å². The molecule has 0 aliphatic heterocycles. The lowest BCUT2D eigenvalue weighted by molar-refractivity contribution is 0.601. The number of hydrogen-bond donors (Lipinski definition) is 2. The van der Waals surface area contributed by atoms with E-state index in [0.717, 1.165) is 11.4 Å². The third kappa shape index (κ3) is 4.11. The maximum absolute atomic E-state index is 12.3. The first kappa shape index (κ1) is 16.6. The van der Waals surface area contributed by atoms with Gasteiger partial charge in [0.05, 0.1) is 20.6 Å². The third-order valence-electron chi connectivity index (χ3n) is 2.69. The van der Waals surface area contributed by atoms with E-state index in [0.29, 0.717) is 11.6 Å². The van der Waals surface area contributed by atoms with Crippen molar-refractivity contribution in [1.82, 2.24) is 5.32 Å². The summed E-state index contributed by atoms with van der Waals surface area (Å²) in [4.78, 5) is 1.17. The lowest BCUT2D eigenvalue weighted by Gasteiger charge is -2.09. The zero-order chi connectivity index (χ0) is 15.5. The van der Waals surface area contributed by atoms with Crippen molar-refractivity contribution in [2.75, 3.05) is 11.3 Å². The van der Waals surface area contributed by atoms with Crippen molar-refractivity contribution in [2.24, 2.45) is 0 Å². The van der Waals surface area contributed by atoms with Gasteiger partial charge in [0.25, 0.3) is 10.0 Å². The molecule has 0 aliphatic rings. The molecule has 2 N–H and O–H groups in total. The highest BCUT2D eigenvalue weighted by molar-refractivity contribution is 7.92. The Balaban J connectivity index is 2.22. The summed E-state index contributed by atoms with van der Waals surface area (Å²) in [6.07, 6.45) is 0. The zero-order valence-corrected chi connectivity index (χ0v) is 14.3. The molecule has 1 aromatic carbocycles. The van der Waals surface area contributed by atoms with E-state index in [4.69, 9.17) is 23.2 Å². The van der Waals surface area contributed by atoms with Crippen LogP contribution in [0.3, 0.4) is 0 Å². The van der Waals surface area contributed by atoms with E-state index in [9.17, 15) is 8.42 Å². The molecule has 2 rings (SSSR count). The van der Waals surface area contributed by atoms with Crippen LogP contribution in [0.4, 0.5) is 5.69 Å².